The van der Waals surface area contributed by atoms with Crippen molar-refractivity contribution in [2.24, 2.45) is 0 Å². The predicted octanol–water partition coefficient (Wildman–Crippen LogP) is 3.13. The highest BCUT2D eigenvalue weighted by Crippen LogP contribution is 2.38. The second-order valence-corrected chi connectivity index (χ2v) is 3.79. The number of alkyl halides is 2. The summed E-state index contributed by atoms with van der Waals surface area (Å²) in [4.78, 5) is 11.0. The fourth-order valence-electron chi connectivity index (χ4n) is 1.43. The Kier molecular flexibility index (Phi) is 2.68. The molecule has 0 spiro atoms. The number of ether oxygens (including phenoxy) is 1. The molecule has 0 saturated heterocycles. The zero-order valence-electron chi connectivity index (χ0n) is 7.99. The molecule has 0 fully saturated rings. The Morgan fingerprint density at radius 1 is 1.25 bits per heavy atom. The van der Waals surface area contributed by atoms with Crippen molar-refractivity contribution in [2.45, 2.75) is 12.0 Å². The van der Waals surface area contributed by atoms with Crippen molar-refractivity contribution in [3.8, 4) is 0 Å². The molecule has 1 aromatic carbocycles. The van der Waals surface area contributed by atoms with Gasteiger partial charge in [-0.05, 0) is 17.7 Å². The molecule has 2 nitrogen and oxygen atoms in total. The second kappa shape index (κ2) is 3.87. The maximum absolute atomic E-state index is 13.5. The normalized spacial score (nSPS) is 22.9. The molecule has 0 radical (unpaired) electrons. The quantitative estimate of drug-likeness (QED) is 0.759. The van der Waals surface area contributed by atoms with Gasteiger partial charge in [0.1, 0.15) is 0 Å². The lowest BCUT2D eigenvalue weighted by atomic mass is 9.99. The summed E-state index contributed by atoms with van der Waals surface area (Å²) in [6.07, 6.45) is 0.132. The number of hydrogen-bond donors (Lipinski definition) is 0. The number of ketones is 1. The molecule has 0 aliphatic carbocycles. The first-order chi connectivity index (χ1) is 7.51. The van der Waals surface area contributed by atoms with Gasteiger partial charge in [0.15, 0.2) is 6.10 Å². The Bertz CT molecular complexity index is 440. The van der Waals surface area contributed by atoms with E-state index in [2.05, 4.69) is 0 Å². The Morgan fingerprint density at radius 2 is 1.88 bits per heavy atom. The van der Waals surface area contributed by atoms with Gasteiger partial charge in [-0.25, -0.2) is 0 Å². The van der Waals surface area contributed by atoms with Gasteiger partial charge < -0.3 is 4.74 Å². The average molecular weight is 245 g/mol. The highest BCUT2D eigenvalue weighted by atomic mass is 35.5. The third-order valence-corrected chi connectivity index (χ3v) is 2.52. The summed E-state index contributed by atoms with van der Waals surface area (Å²) < 4.78 is 31.8. The van der Waals surface area contributed by atoms with E-state index in [1.54, 1.807) is 0 Å². The lowest BCUT2D eigenvalue weighted by Crippen LogP contribution is -2.37. The Hall–Kier alpha value is -1.42. The molecule has 2 rings (SSSR count). The van der Waals surface area contributed by atoms with Crippen molar-refractivity contribution >= 4 is 17.4 Å². The molecule has 1 unspecified atom stereocenters. The van der Waals surface area contributed by atoms with Gasteiger partial charge in [0.2, 0.25) is 5.78 Å². The summed E-state index contributed by atoms with van der Waals surface area (Å²) in [5.41, 5.74) is 0.215. The van der Waals surface area contributed by atoms with Gasteiger partial charge in [-0.3, -0.25) is 4.79 Å². The van der Waals surface area contributed by atoms with Crippen LogP contribution >= 0.6 is 11.6 Å². The Morgan fingerprint density at radius 3 is 2.50 bits per heavy atom. The first-order valence-corrected chi connectivity index (χ1v) is 4.89. The van der Waals surface area contributed by atoms with Crippen LogP contribution in [0.3, 0.4) is 0 Å². The molecular formula is C11H7ClF2O2. The fraction of sp³-hybridized carbons (Fsp3) is 0.182. The first-order valence-electron chi connectivity index (χ1n) is 4.51. The number of benzene rings is 1. The molecule has 0 saturated carbocycles. The standard InChI is InChI=1S/C11H7ClF2O2/c12-8-3-1-7(2-4-8)10-11(13,14)9(15)5-6-16-10/h1-6,10H. The summed E-state index contributed by atoms with van der Waals surface area (Å²) in [5.74, 6) is -4.79. The van der Waals surface area contributed by atoms with Crippen molar-refractivity contribution in [2.75, 3.05) is 0 Å². The minimum absolute atomic E-state index is 0.215. The average Bonchev–Trinajstić information content (AvgIpc) is 2.24. The number of allylic oxidation sites excluding steroid dienone is 1. The summed E-state index contributed by atoms with van der Waals surface area (Å²) >= 11 is 5.64. The van der Waals surface area contributed by atoms with E-state index in [9.17, 15) is 13.6 Å². The van der Waals surface area contributed by atoms with Crippen LogP contribution in [0.2, 0.25) is 5.02 Å². The summed E-state index contributed by atoms with van der Waals surface area (Å²) in [7, 11) is 0. The van der Waals surface area contributed by atoms with Crippen molar-refractivity contribution in [1.29, 1.82) is 0 Å². The van der Waals surface area contributed by atoms with Gasteiger partial charge in [-0.1, -0.05) is 23.7 Å². The molecular weight excluding hydrogens is 238 g/mol. The lowest BCUT2D eigenvalue weighted by Gasteiger charge is -2.27. The van der Waals surface area contributed by atoms with Crippen LogP contribution in [0.25, 0.3) is 0 Å². The van der Waals surface area contributed by atoms with Crippen LogP contribution in [0.15, 0.2) is 36.6 Å². The van der Waals surface area contributed by atoms with Crippen molar-refractivity contribution in [3.05, 3.63) is 47.2 Å². The summed E-state index contributed by atoms with van der Waals surface area (Å²) in [6, 6.07) is 5.76. The van der Waals surface area contributed by atoms with E-state index in [-0.39, 0.29) is 5.56 Å². The summed E-state index contributed by atoms with van der Waals surface area (Å²) in [5, 5.41) is 0.435. The van der Waals surface area contributed by atoms with Crippen LogP contribution in [0.5, 0.6) is 0 Å². The number of halogens is 3. The van der Waals surface area contributed by atoms with Crippen LogP contribution in [0.1, 0.15) is 11.7 Å². The van der Waals surface area contributed by atoms with E-state index >= 15 is 0 Å². The largest absolute Gasteiger partial charge is 0.486 e. The smallest absolute Gasteiger partial charge is 0.349 e. The summed E-state index contributed by atoms with van der Waals surface area (Å²) in [6.45, 7) is 0. The highest BCUT2D eigenvalue weighted by Gasteiger charge is 2.49. The Labute approximate surface area is 95.5 Å². The SMILES string of the molecule is O=C1C=COC(c2ccc(Cl)cc2)C1(F)F. The van der Waals surface area contributed by atoms with Crippen LogP contribution in [-0.2, 0) is 9.53 Å². The molecule has 0 bridgehead atoms. The van der Waals surface area contributed by atoms with Crippen LogP contribution < -0.4 is 0 Å². The molecule has 1 atom stereocenters. The van der Waals surface area contributed by atoms with E-state index in [4.69, 9.17) is 16.3 Å². The minimum Gasteiger partial charge on any atom is -0.486 e. The maximum Gasteiger partial charge on any atom is 0.349 e. The van der Waals surface area contributed by atoms with Gasteiger partial charge in [0, 0.05) is 11.1 Å². The number of hydrogen-bond acceptors (Lipinski definition) is 2. The maximum atomic E-state index is 13.5. The van der Waals surface area contributed by atoms with Gasteiger partial charge >= 0.3 is 5.92 Å². The minimum atomic E-state index is -3.54. The fourth-order valence-corrected chi connectivity index (χ4v) is 1.56. The van der Waals surface area contributed by atoms with E-state index in [1.807, 2.05) is 0 Å². The van der Waals surface area contributed by atoms with Gasteiger partial charge in [-0.2, -0.15) is 8.78 Å². The van der Waals surface area contributed by atoms with Gasteiger partial charge in [-0.15, -0.1) is 0 Å². The van der Waals surface area contributed by atoms with Crippen molar-refractivity contribution in [1.82, 2.24) is 0 Å². The molecule has 0 N–H and O–H groups in total. The number of carbonyl (C=O) groups excluding carboxylic acids is 1. The first kappa shape index (κ1) is 11.1. The third kappa shape index (κ3) is 1.80. The van der Waals surface area contributed by atoms with E-state index in [0.717, 1.165) is 12.3 Å². The molecule has 0 aromatic heterocycles. The van der Waals surface area contributed by atoms with Crippen LogP contribution in [0.4, 0.5) is 8.78 Å². The van der Waals surface area contributed by atoms with E-state index in [0.29, 0.717) is 5.02 Å². The monoisotopic (exact) mass is 244 g/mol. The predicted molar refractivity (Wildman–Crippen MR) is 54.4 cm³/mol. The third-order valence-electron chi connectivity index (χ3n) is 2.26. The van der Waals surface area contributed by atoms with Crippen molar-refractivity contribution < 1.29 is 18.3 Å². The molecule has 1 heterocycles. The molecule has 1 aliphatic heterocycles. The molecule has 5 heteroatoms. The van der Waals surface area contributed by atoms with Crippen LogP contribution in [0, 0.1) is 0 Å². The zero-order valence-corrected chi connectivity index (χ0v) is 8.75. The topological polar surface area (TPSA) is 26.3 Å². The number of carbonyl (C=O) groups is 1. The molecule has 0 amide bonds. The molecule has 1 aliphatic rings. The molecule has 16 heavy (non-hydrogen) atoms. The zero-order chi connectivity index (χ0) is 11.8. The number of rotatable bonds is 1. The van der Waals surface area contributed by atoms with Gasteiger partial charge in [0.25, 0.3) is 0 Å². The van der Waals surface area contributed by atoms with E-state index < -0.39 is 17.8 Å². The van der Waals surface area contributed by atoms with E-state index in [1.165, 1.54) is 24.3 Å². The van der Waals surface area contributed by atoms with Gasteiger partial charge in [0.05, 0.1) is 6.26 Å². The molecule has 1 aromatic rings. The van der Waals surface area contributed by atoms with Crippen LogP contribution in [-0.4, -0.2) is 11.7 Å². The molecule has 84 valence electrons. The Balaban J connectivity index is 2.37. The second-order valence-electron chi connectivity index (χ2n) is 3.36. The highest BCUT2D eigenvalue weighted by molar-refractivity contribution is 6.30. The van der Waals surface area contributed by atoms with Crippen molar-refractivity contribution in [3.63, 3.8) is 0 Å². The lowest BCUT2D eigenvalue weighted by molar-refractivity contribution is -0.162.